The molecular formula is C13H17ClN2O2. The largest absolute Gasteiger partial charge is 0.392 e. The molecule has 0 radical (unpaired) electrons. The highest BCUT2D eigenvalue weighted by atomic mass is 35.5. The molecule has 0 bridgehead atoms. The van der Waals surface area contributed by atoms with Crippen LogP contribution in [0.5, 0.6) is 0 Å². The minimum atomic E-state index is -0.0684. The predicted octanol–water partition coefficient (Wildman–Crippen LogP) is 1.55. The van der Waals surface area contributed by atoms with Crippen LogP contribution >= 0.6 is 11.6 Å². The van der Waals surface area contributed by atoms with Crippen molar-refractivity contribution in [3.8, 4) is 0 Å². The summed E-state index contributed by atoms with van der Waals surface area (Å²) in [5, 5.41) is 12.8. The van der Waals surface area contributed by atoms with Crippen LogP contribution in [-0.4, -0.2) is 30.6 Å². The van der Waals surface area contributed by atoms with Gasteiger partial charge in [0.15, 0.2) is 0 Å². The van der Waals surface area contributed by atoms with Crippen LogP contribution in [0.3, 0.4) is 0 Å². The normalized spacial score (nSPS) is 14.4. The van der Waals surface area contributed by atoms with Crippen LogP contribution < -0.4 is 10.2 Å². The number of carbonyl (C=O) groups is 1. The van der Waals surface area contributed by atoms with Gasteiger partial charge in [-0.25, -0.2) is 0 Å². The van der Waals surface area contributed by atoms with Crippen LogP contribution in [0.2, 0.25) is 5.02 Å². The fraction of sp³-hybridized carbons (Fsp3) is 0.462. The average molecular weight is 269 g/mol. The molecule has 4 nitrogen and oxygen atoms in total. The summed E-state index contributed by atoms with van der Waals surface area (Å²) in [5.41, 5.74) is 1.55. The molecule has 0 spiro atoms. The van der Waals surface area contributed by atoms with Crippen LogP contribution in [0.1, 0.15) is 18.4 Å². The highest BCUT2D eigenvalue weighted by molar-refractivity contribution is 6.30. The lowest BCUT2D eigenvalue weighted by molar-refractivity contribution is -0.119. The number of nitrogens with zero attached hydrogens (tertiary/aromatic N) is 1. The lowest BCUT2D eigenvalue weighted by Gasteiger charge is -2.21. The van der Waals surface area contributed by atoms with Crippen molar-refractivity contribution in [2.24, 2.45) is 0 Å². The molecule has 18 heavy (non-hydrogen) atoms. The summed E-state index contributed by atoms with van der Waals surface area (Å²) in [4.78, 5) is 13.5. The second kappa shape index (κ2) is 5.59. The number of carbonyl (C=O) groups excluding carboxylic acids is 1. The van der Waals surface area contributed by atoms with Crippen molar-refractivity contribution in [3.63, 3.8) is 0 Å². The third-order valence-corrected chi connectivity index (χ3v) is 3.19. The molecule has 1 aliphatic rings. The number of halogens is 1. The summed E-state index contributed by atoms with van der Waals surface area (Å²) >= 11 is 5.94. The van der Waals surface area contributed by atoms with E-state index in [0.29, 0.717) is 11.1 Å². The predicted molar refractivity (Wildman–Crippen MR) is 71.8 cm³/mol. The number of nitrogens with one attached hydrogen (secondary N) is 1. The molecule has 2 rings (SSSR count). The van der Waals surface area contributed by atoms with Gasteiger partial charge >= 0.3 is 0 Å². The van der Waals surface area contributed by atoms with Crippen molar-refractivity contribution < 1.29 is 9.90 Å². The third kappa shape index (κ3) is 3.37. The van der Waals surface area contributed by atoms with E-state index >= 15 is 0 Å². The Morgan fingerprint density at radius 1 is 1.56 bits per heavy atom. The molecule has 1 saturated carbocycles. The Hall–Kier alpha value is -1.26. The van der Waals surface area contributed by atoms with Gasteiger partial charge in [0.05, 0.1) is 13.2 Å². The van der Waals surface area contributed by atoms with Gasteiger partial charge in [0.25, 0.3) is 0 Å². The Morgan fingerprint density at radius 2 is 2.28 bits per heavy atom. The number of likely N-dealkylation sites (N-methyl/N-ethyl adjacent to an activating group) is 1. The third-order valence-electron chi connectivity index (χ3n) is 2.95. The molecule has 0 heterocycles. The number of anilines is 1. The Kier molecular flexibility index (Phi) is 4.09. The van der Waals surface area contributed by atoms with Gasteiger partial charge in [-0.05, 0) is 25.0 Å². The van der Waals surface area contributed by atoms with E-state index in [4.69, 9.17) is 11.6 Å². The second-order valence-corrected chi connectivity index (χ2v) is 5.07. The number of aliphatic hydroxyl groups is 1. The van der Waals surface area contributed by atoms with Crippen molar-refractivity contribution in [3.05, 3.63) is 28.8 Å². The van der Waals surface area contributed by atoms with Crippen molar-refractivity contribution in [1.82, 2.24) is 5.32 Å². The van der Waals surface area contributed by atoms with Gasteiger partial charge in [-0.2, -0.15) is 0 Å². The number of benzene rings is 1. The van der Waals surface area contributed by atoms with Gasteiger partial charge in [-0.1, -0.05) is 17.7 Å². The fourth-order valence-electron chi connectivity index (χ4n) is 1.83. The zero-order chi connectivity index (χ0) is 13.1. The first kappa shape index (κ1) is 13.2. The van der Waals surface area contributed by atoms with Gasteiger partial charge in [0.1, 0.15) is 0 Å². The van der Waals surface area contributed by atoms with E-state index in [1.54, 1.807) is 23.1 Å². The maximum absolute atomic E-state index is 11.7. The minimum absolute atomic E-state index is 0.00358. The number of amides is 1. The van der Waals surface area contributed by atoms with Crippen molar-refractivity contribution in [2.45, 2.75) is 25.5 Å². The lowest BCUT2D eigenvalue weighted by atomic mass is 10.1. The first-order chi connectivity index (χ1) is 8.60. The molecule has 0 aromatic heterocycles. The molecule has 1 amide bonds. The van der Waals surface area contributed by atoms with Crippen molar-refractivity contribution >= 4 is 23.2 Å². The van der Waals surface area contributed by atoms with E-state index in [1.165, 1.54) is 0 Å². The van der Waals surface area contributed by atoms with E-state index in [-0.39, 0.29) is 19.1 Å². The van der Waals surface area contributed by atoms with Crippen LogP contribution in [0.15, 0.2) is 18.2 Å². The fourth-order valence-corrected chi connectivity index (χ4v) is 1.99. The van der Waals surface area contributed by atoms with Crippen LogP contribution in [-0.2, 0) is 11.4 Å². The van der Waals surface area contributed by atoms with E-state index in [0.717, 1.165) is 24.1 Å². The maximum atomic E-state index is 11.7. The van der Waals surface area contributed by atoms with Gasteiger partial charge in [-0.15, -0.1) is 0 Å². The molecular weight excluding hydrogens is 252 g/mol. The van der Waals surface area contributed by atoms with E-state index in [1.807, 2.05) is 7.05 Å². The van der Waals surface area contributed by atoms with Gasteiger partial charge in [-0.3, -0.25) is 4.79 Å². The molecule has 98 valence electrons. The van der Waals surface area contributed by atoms with Gasteiger partial charge in [0.2, 0.25) is 5.91 Å². The van der Waals surface area contributed by atoms with E-state index < -0.39 is 0 Å². The molecule has 1 fully saturated rings. The number of rotatable bonds is 5. The summed E-state index contributed by atoms with van der Waals surface area (Å²) in [5.74, 6) is 0.00358. The summed E-state index contributed by atoms with van der Waals surface area (Å²) in [6.45, 7) is 0.199. The second-order valence-electron chi connectivity index (χ2n) is 4.63. The molecule has 0 saturated heterocycles. The van der Waals surface area contributed by atoms with Crippen LogP contribution in [0.25, 0.3) is 0 Å². The van der Waals surface area contributed by atoms with Crippen molar-refractivity contribution in [2.75, 3.05) is 18.5 Å². The molecule has 1 aliphatic carbocycles. The summed E-state index contributed by atoms with van der Waals surface area (Å²) in [7, 11) is 1.82. The molecule has 0 atom stereocenters. The Morgan fingerprint density at radius 3 is 2.89 bits per heavy atom. The summed E-state index contributed by atoms with van der Waals surface area (Å²) in [6.07, 6.45) is 2.16. The standard InChI is InChI=1S/C13H17ClN2O2/c1-16(7-13(18)15-11-4-5-11)12-6-10(14)3-2-9(12)8-17/h2-3,6,11,17H,4-5,7-8H2,1H3,(H,15,18). The first-order valence-corrected chi connectivity index (χ1v) is 6.37. The van der Waals surface area contributed by atoms with Crippen molar-refractivity contribution in [1.29, 1.82) is 0 Å². The maximum Gasteiger partial charge on any atom is 0.239 e. The topological polar surface area (TPSA) is 52.6 Å². The SMILES string of the molecule is CN(CC(=O)NC1CC1)c1cc(Cl)ccc1CO. The Balaban J connectivity index is 2.04. The summed E-state index contributed by atoms with van der Waals surface area (Å²) in [6, 6.07) is 5.63. The zero-order valence-electron chi connectivity index (χ0n) is 10.3. The highest BCUT2D eigenvalue weighted by Gasteiger charge is 2.23. The number of hydrogen-bond acceptors (Lipinski definition) is 3. The quantitative estimate of drug-likeness (QED) is 0.852. The van der Waals surface area contributed by atoms with Gasteiger partial charge in [0, 0.05) is 29.4 Å². The van der Waals surface area contributed by atoms with Crippen LogP contribution in [0.4, 0.5) is 5.69 Å². The monoisotopic (exact) mass is 268 g/mol. The van der Waals surface area contributed by atoms with E-state index in [2.05, 4.69) is 5.32 Å². The molecule has 5 heteroatoms. The number of aliphatic hydroxyl groups excluding tert-OH is 1. The Labute approximate surface area is 112 Å². The van der Waals surface area contributed by atoms with E-state index in [9.17, 15) is 9.90 Å². The molecule has 2 N–H and O–H groups in total. The highest BCUT2D eigenvalue weighted by Crippen LogP contribution is 2.24. The van der Waals surface area contributed by atoms with Gasteiger partial charge < -0.3 is 15.3 Å². The summed E-state index contributed by atoms with van der Waals surface area (Å²) < 4.78 is 0. The lowest BCUT2D eigenvalue weighted by Crippen LogP contribution is -2.36. The zero-order valence-corrected chi connectivity index (χ0v) is 11.1. The molecule has 1 aromatic rings. The smallest absolute Gasteiger partial charge is 0.239 e. The average Bonchev–Trinajstić information content (AvgIpc) is 3.12. The number of hydrogen-bond donors (Lipinski definition) is 2. The Bertz CT molecular complexity index is 447. The first-order valence-electron chi connectivity index (χ1n) is 6.00. The molecule has 0 unspecified atom stereocenters. The molecule has 0 aliphatic heterocycles. The van der Waals surface area contributed by atoms with Crippen LogP contribution in [0, 0.1) is 0 Å². The molecule has 1 aromatic carbocycles. The minimum Gasteiger partial charge on any atom is -0.392 e.